The van der Waals surface area contributed by atoms with Gasteiger partial charge in [0.25, 0.3) is 0 Å². The SMILES string of the molecule is CCOC(=O)CNC(=O)NCCC(C)(C)C. The molecule has 0 aliphatic rings. The summed E-state index contributed by atoms with van der Waals surface area (Å²) in [6, 6.07) is -0.336. The van der Waals surface area contributed by atoms with E-state index in [0.29, 0.717) is 13.2 Å². The molecule has 0 saturated carbocycles. The van der Waals surface area contributed by atoms with Crippen LogP contribution in [0, 0.1) is 5.41 Å². The Kier molecular flexibility index (Phi) is 6.53. The number of amides is 2. The van der Waals surface area contributed by atoms with Crippen molar-refractivity contribution in [1.82, 2.24) is 10.6 Å². The highest BCUT2D eigenvalue weighted by Gasteiger charge is 2.10. The standard InChI is InChI=1S/C11H22N2O3/c1-5-16-9(14)8-13-10(15)12-7-6-11(2,3)4/h5-8H2,1-4H3,(H2,12,13,15). The lowest BCUT2D eigenvalue weighted by Gasteiger charge is -2.18. The predicted octanol–water partition coefficient (Wildman–Crippen LogP) is 1.28. The molecule has 0 bridgehead atoms. The van der Waals surface area contributed by atoms with Crippen molar-refractivity contribution in [2.45, 2.75) is 34.1 Å². The van der Waals surface area contributed by atoms with Gasteiger partial charge in [-0.3, -0.25) is 4.79 Å². The molecule has 5 nitrogen and oxygen atoms in total. The van der Waals surface area contributed by atoms with Crippen LogP contribution in [-0.4, -0.2) is 31.7 Å². The number of esters is 1. The number of hydrogen-bond donors (Lipinski definition) is 2. The minimum atomic E-state index is -0.423. The molecule has 94 valence electrons. The molecule has 0 unspecified atom stereocenters. The van der Waals surface area contributed by atoms with Gasteiger partial charge in [-0.15, -0.1) is 0 Å². The molecule has 16 heavy (non-hydrogen) atoms. The first-order valence-corrected chi connectivity index (χ1v) is 5.52. The number of nitrogens with one attached hydrogen (secondary N) is 2. The molecule has 0 aromatic heterocycles. The highest BCUT2D eigenvalue weighted by atomic mass is 16.5. The fraction of sp³-hybridized carbons (Fsp3) is 0.818. The lowest BCUT2D eigenvalue weighted by Crippen LogP contribution is -2.40. The van der Waals surface area contributed by atoms with Crippen LogP contribution in [0.1, 0.15) is 34.1 Å². The van der Waals surface area contributed by atoms with Crippen molar-refractivity contribution < 1.29 is 14.3 Å². The molecule has 0 aliphatic heterocycles. The minimum absolute atomic E-state index is 0.0881. The maximum Gasteiger partial charge on any atom is 0.325 e. The van der Waals surface area contributed by atoms with Crippen molar-refractivity contribution in [1.29, 1.82) is 0 Å². The normalized spacial score (nSPS) is 10.8. The Bertz CT molecular complexity index is 234. The van der Waals surface area contributed by atoms with Crippen LogP contribution in [0.3, 0.4) is 0 Å². The third-order valence-electron chi connectivity index (χ3n) is 1.86. The van der Waals surface area contributed by atoms with Crippen LogP contribution >= 0.6 is 0 Å². The molecule has 0 aromatic carbocycles. The largest absolute Gasteiger partial charge is 0.465 e. The molecule has 0 atom stereocenters. The zero-order valence-electron chi connectivity index (χ0n) is 10.6. The van der Waals surface area contributed by atoms with Crippen LogP contribution in [0.4, 0.5) is 4.79 Å². The fourth-order valence-electron chi connectivity index (χ4n) is 0.978. The maximum absolute atomic E-state index is 11.2. The summed E-state index contributed by atoms with van der Waals surface area (Å²) in [5.41, 5.74) is 0.189. The first-order valence-electron chi connectivity index (χ1n) is 5.52. The van der Waals surface area contributed by atoms with Crippen LogP contribution < -0.4 is 10.6 Å². The van der Waals surface area contributed by atoms with Crippen molar-refractivity contribution in [3.8, 4) is 0 Å². The molecule has 0 aliphatic carbocycles. The van der Waals surface area contributed by atoms with Gasteiger partial charge >= 0.3 is 12.0 Å². The highest BCUT2D eigenvalue weighted by Crippen LogP contribution is 2.16. The van der Waals surface area contributed by atoms with Crippen molar-refractivity contribution in [2.24, 2.45) is 5.41 Å². The van der Waals surface area contributed by atoms with Gasteiger partial charge in [0, 0.05) is 6.54 Å². The van der Waals surface area contributed by atoms with Gasteiger partial charge in [-0.2, -0.15) is 0 Å². The molecule has 2 N–H and O–H groups in total. The number of hydrogen-bond acceptors (Lipinski definition) is 3. The molecule has 0 saturated heterocycles. The van der Waals surface area contributed by atoms with E-state index in [1.165, 1.54) is 0 Å². The van der Waals surface area contributed by atoms with Crippen LogP contribution in [-0.2, 0) is 9.53 Å². The van der Waals surface area contributed by atoms with Gasteiger partial charge in [0.15, 0.2) is 0 Å². The average Bonchev–Trinajstić information content (AvgIpc) is 2.13. The van der Waals surface area contributed by atoms with Crippen molar-refractivity contribution >= 4 is 12.0 Å². The summed E-state index contributed by atoms with van der Waals surface area (Å²) < 4.78 is 4.67. The van der Waals surface area contributed by atoms with Crippen LogP contribution in [0.2, 0.25) is 0 Å². The lowest BCUT2D eigenvalue weighted by molar-refractivity contribution is -0.141. The van der Waals surface area contributed by atoms with E-state index in [1.54, 1.807) is 6.92 Å². The molecule has 0 heterocycles. The topological polar surface area (TPSA) is 67.4 Å². The van der Waals surface area contributed by atoms with Gasteiger partial charge < -0.3 is 15.4 Å². The minimum Gasteiger partial charge on any atom is -0.465 e. The molecule has 0 fully saturated rings. The Morgan fingerprint density at radius 3 is 2.31 bits per heavy atom. The van der Waals surface area contributed by atoms with Crippen LogP contribution in [0.15, 0.2) is 0 Å². The van der Waals surface area contributed by atoms with Gasteiger partial charge in [0.2, 0.25) is 0 Å². The summed E-state index contributed by atoms with van der Waals surface area (Å²) in [6.07, 6.45) is 0.889. The van der Waals surface area contributed by atoms with Crippen molar-refractivity contribution in [3.63, 3.8) is 0 Å². The van der Waals surface area contributed by atoms with E-state index in [-0.39, 0.29) is 18.0 Å². The van der Waals surface area contributed by atoms with Gasteiger partial charge in [-0.25, -0.2) is 4.79 Å². The van der Waals surface area contributed by atoms with E-state index < -0.39 is 5.97 Å². The Hall–Kier alpha value is -1.26. The zero-order chi connectivity index (χ0) is 12.6. The summed E-state index contributed by atoms with van der Waals surface area (Å²) in [7, 11) is 0. The summed E-state index contributed by atoms with van der Waals surface area (Å²) in [5, 5.41) is 5.11. The molecule has 0 aromatic rings. The quantitative estimate of drug-likeness (QED) is 0.699. The predicted molar refractivity (Wildman–Crippen MR) is 62.1 cm³/mol. The summed E-state index contributed by atoms with van der Waals surface area (Å²) >= 11 is 0. The number of carbonyl (C=O) groups excluding carboxylic acids is 2. The molecular weight excluding hydrogens is 208 g/mol. The van der Waals surface area contributed by atoms with Gasteiger partial charge in [-0.1, -0.05) is 20.8 Å². The van der Waals surface area contributed by atoms with E-state index in [9.17, 15) is 9.59 Å². The number of rotatable bonds is 5. The first-order chi connectivity index (χ1) is 7.35. The molecular formula is C11H22N2O3. The van der Waals surface area contributed by atoms with E-state index in [0.717, 1.165) is 6.42 Å². The lowest BCUT2D eigenvalue weighted by atomic mass is 9.92. The number of urea groups is 1. The maximum atomic E-state index is 11.2. The summed E-state index contributed by atoms with van der Waals surface area (Å²) in [4.78, 5) is 22.1. The Morgan fingerprint density at radius 2 is 1.81 bits per heavy atom. The molecule has 0 spiro atoms. The van der Waals surface area contributed by atoms with Crippen LogP contribution in [0.25, 0.3) is 0 Å². The Morgan fingerprint density at radius 1 is 1.19 bits per heavy atom. The van der Waals surface area contributed by atoms with Crippen molar-refractivity contribution in [2.75, 3.05) is 19.7 Å². The third-order valence-corrected chi connectivity index (χ3v) is 1.86. The van der Waals surface area contributed by atoms with Gasteiger partial charge in [0.05, 0.1) is 6.61 Å². The second-order valence-corrected chi connectivity index (χ2v) is 4.73. The molecule has 0 radical (unpaired) electrons. The van der Waals surface area contributed by atoms with Gasteiger partial charge in [-0.05, 0) is 18.8 Å². The van der Waals surface area contributed by atoms with Gasteiger partial charge in [0.1, 0.15) is 6.54 Å². The third kappa shape index (κ3) is 9.30. The van der Waals surface area contributed by atoms with E-state index in [4.69, 9.17) is 0 Å². The molecule has 0 rings (SSSR count). The zero-order valence-corrected chi connectivity index (χ0v) is 10.6. The fourth-order valence-corrected chi connectivity index (χ4v) is 0.978. The highest BCUT2D eigenvalue weighted by molar-refractivity contribution is 5.80. The second kappa shape index (κ2) is 7.09. The average molecular weight is 230 g/mol. The molecule has 5 heteroatoms. The number of ether oxygens (including phenoxy) is 1. The Labute approximate surface area is 96.9 Å². The second-order valence-electron chi connectivity index (χ2n) is 4.73. The monoisotopic (exact) mass is 230 g/mol. The van der Waals surface area contributed by atoms with E-state index >= 15 is 0 Å². The Balaban J connectivity index is 3.56. The smallest absolute Gasteiger partial charge is 0.325 e. The molecule has 2 amide bonds. The van der Waals surface area contributed by atoms with Crippen LogP contribution in [0.5, 0.6) is 0 Å². The van der Waals surface area contributed by atoms with E-state index in [1.807, 2.05) is 0 Å². The summed E-state index contributed by atoms with van der Waals surface area (Å²) in [5.74, 6) is -0.423. The van der Waals surface area contributed by atoms with Crippen molar-refractivity contribution in [3.05, 3.63) is 0 Å². The van der Waals surface area contributed by atoms with E-state index in [2.05, 4.69) is 36.1 Å². The first kappa shape index (κ1) is 14.7. The number of carbonyl (C=O) groups is 2. The summed E-state index contributed by atoms with van der Waals surface area (Å²) in [6.45, 7) is 8.86.